The van der Waals surface area contributed by atoms with Crippen LogP contribution >= 0.6 is 23.2 Å². The van der Waals surface area contributed by atoms with Gasteiger partial charge >= 0.3 is 0 Å². The third-order valence-electron chi connectivity index (χ3n) is 5.70. The van der Waals surface area contributed by atoms with E-state index in [0.29, 0.717) is 38.8 Å². The molecule has 0 unspecified atom stereocenters. The van der Waals surface area contributed by atoms with E-state index < -0.39 is 22.5 Å². The largest absolute Gasteiger partial charge is 0.497 e. The number of nitrogens with zero attached hydrogens (tertiary/aromatic N) is 2. The first-order valence-corrected chi connectivity index (χ1v) is 13.7. The number of aryl methyl sites for hydroxylation is 3. The molecule has 0 saturated carbocycles. The lowest BCUT2D eigenvalue weighted by atomic mass is 10.1. The van der Waals surface area contributed by atoms with Gasteiger partial charge in [-0.1, -0.05) is 47.0 Å². The molecule has 0 saturated heterocycles. The van der Waals surface area contributed by atoms with Gasteiger partial charge in [0.2, 0.25) is 10.0 Å². The lowest BCUT2D eigenvalue weighted by molar-refractivity contribution is -0.121. The number of carbonyl (C=O) groups is 1. The van der Waals surface area contributed by atoms with Gasteiger partial charge in [-0.05, 0) is 61.7 Å². The van der Waals surface area contributed by atoms with E-state index in [0.717, 1.165) is 9.87 Å². The van der Waals surface area contributed by atoms with Crippen molar-refractivity contribution in [1.82, 2.24) is 9.73 Å². The predicted molar refractivity (Wildman–Crippen MR) is 150 cm³/mol. The molecule has 3 rings (SSSR count). The first-order chi connectivity index (χ1) is 18.0. The number of halogens is 2. The molecular weight excluding hydrogens is 549 g/mol. The zero-order chi connectivity index (χ0) is 28.0. The van der Waals surface area contributed by atoms with Crippen molar-refractivity contribution in [3.05, 3.63) is 86.4 Å². The van der Waals surface area contributed by atoms with E-state index in [9.17, 15) is 13.2 Å². The van der Waals surface area contributed by atoms with E-state index in [2.05, 4.69) is 10.5 Å². The highest BCUT2D eigenvalue weighted by Gasteiger charge is 2.30. The van der Waals surface area contributed by atoms with E-state index in [4.69, 9.17) is 32.7 Å². The van der Waals surface area contributed by atoms with Crippen LogP contribution in [0.3, 0.4) is 0 Å². The summed E-state index contributed by atoms with van der Waals surface area (Å²) in [5, 5.41) is 4.62. The molecule has 38 heavy (non-hydrogen) atoms. The number of amides is 1. The second-order valence-corrected chi connectivity index (χ2v) is 11.3. The van der Waals surface area contributed by atoms with Gasteiger partial charge in [-0.15, -0.1) is 0 Å². The summed E-state index contributed by atoms with van der Waals surface area (Å²) in [4.78, 5) is 13.0. The third-order valence-corrected chi connectivity index (χ3v) is 8.54. The number of methoxy groups -OCH3 is 2. The predicted octanol–water partition coefficient (Wildman–Crippen LogP) is 5.28. The van der Waals surface area contributed by atoms with Crippen LogP contribution in [0.2, 0.25) is 10.0 Å². The van der Waals surface area contributed by atoms with Gasteiger partial charge in [0.05, 0.1) is 41.9 Å². The van der Waals surface area contributed by atoms with Gasteiger partial charge in [-0.25, -0.2) is 13.8 Å². The Morgan fingerprint density at radius 3 is 2.26 bits per heavy atom. The van der Waals surface area contributed by atoms with Crippen LogP contribution in [0.5, 0.6) is 11.5 Å². The van der Waals surface area contributed by atoms with Gasteiger partial charge in [0.15, 0.2) is 0 Å². The summed E-state index contributed by atoms with van der Waals surface area (Å²) in [6, 6.07) is 13.5. The molecule has 0 aliphatic carbocycles. The van der Waals surface area contributed by atoms with E-state index in [1.807, 2.05) is 6.92 Å². The minimum absolute atomic E-state index is 0.102. The highest BCUT2D eigenvalue weighted by molar-refractivity contribution is 7.89. The van der Waals surface area contributed by atoms with Crippen LogP contribution in [0.1, 0.15) is 27.8 Å². The maximum Gasteiger partial charge on any atom is 0.255 e. The summed E-state index contributed by atoms with van der Waals surface area (Å²) in [7, 11) is -1.03. The van der Waals surface area contributed by atoms with Crippen molar-refractivity contribution in [2.24, 2.45) is 5.10 Å². The average molecular weight is 579 g/mol. The normalized spacial score (nSPS) is 11.7. The number of nitrogens with one attached hydrogen (secondary N) is 1. The molecule has 0 heterocycles. The molecule has 0 aliphatic heterocycles. The van der Waals surface area contributed by atoms with E-state index in [1.165, 1.54) is 13.3 Å². The first-order valence-electron chi connectivity index (χ1n) is 11.5. The molecule has 0 bridgehead atoms. The van der Waals surface area contributed by atoms with E-state index in [-0.39, 0.29) is 16.5 Å². The molecule has 3 aromatic carbocycles. The second kappa shape index (κ2) is 12.6. The lowest BCUT2D eigenvalue weighted by Crippen LogP contribution is -2.39. The Balaban J connectivity index is 1.89. The minimum Gasteiger partial charge on any atom is -0.497 e. The Bertz CT molecular complexity index is 1450. The summed E-state index contributed by atoms with van der Waals surface area (Å²) in [5.74, 6) is 0.476. The quantitative estimate of drug-likeness (QED) is 0.261. The molecule has 3 aromatic rings. The maximum absolute atomic E-state index is 13.8. The van der Waals surface area contributed by atoms with Crippen LogP contribution in [0, 0.1) is 20.8 Å². The number of benzene rings is 3. The third kappa shape index (κ3) is 7.05. The second-order valence-electron chi connectivity index (χ2n) is 8.65. The minimum atomic E-state index is -4.08. The monoisotopic (exact) mass is 577 g/mol. The number of ether oxygens (including phenoxy) is 2. The molecule has 11 heteroatoms. The van der Waals surface area contributed by atoms with Gasteiger partial charge in [0, 0.05) is 18.2 Å². The maximum atomic E-state index is 13.8. The van der Waals surface area contributed by atoms with Gasteiger partial charge in [0.25, 0.3) is 5.91 Å². The molecule has 0 atom stereocenters. The average Bonchev–Trinajstić information content (AvgIpc) is 2.85. The molecular formula is C27H29Cl2N3O5S. The van der Waals surface area contributed by atoms with Gasteiger partial charge in [-0.2, -0.15) is 9.41 Å². The number of carbonyl (C=O) groups excluding carboxylic acids is 1. The van der Waals surface area contributed by atoms with Crippen molar-refractivity contribution in [2.75, 3.05) is 20.8 Å². The Morgan fingerprint density at radius 1 is 0.974 bits per heavy atom. The molecule has 0 radical (unpaired) electrons. The molecule has 202 valence electrons. The van der Waals surface area contributed by atoms with E-state index >= 15 is 0 Å². The Morgan fingerprint density at radius 2 is 1.66 bits per heavy atom. The number of hydrazone groups is 1. The zero-order valence-electron chi connectivity index (χ0n) is 21.7. The van der Waals surface area contributed by atoms with Crippen LogP contribution < -0.4 is 14.9 Å². The molecule has 1 N–H and O–H groups in total. The lowest BCUT2D eigenvalue weighted by Gasteiger charge is -2.24. The summed E-state index contributed by atoms with van der Waals surface area (Å²) in [5.41, 5.74) is 5.69. The Hall–Kier alpha value is -3.11. The topological polar surface area (TPSA) is 97.3 Å². The van der Waals surface area contributed by atoms with Crippen LogP contribution in [0.4, 0.5) is 0 Å². The summed E-state index contributed by atoms with van der Waals surface area (Å²) >= 11 is 12.2. The molecule has 1 amide bonds. The molecule has 0 spiro atoms. The molecule has 0 aliphatic rings. The SMILES string of the molecule is COc1ccc(/C=N/NC(=O)CN(Cc2ccc(Cl)c(Cl)c2)S(=O)(=O)c2c(C)cc(C)cc2C)c(OC)c1. The van der Waals surface area contributed by atoms with Crippen LogP contribution in [-0.2, 0) is 21.4 Å². The molecule has 0 fully saturated rings. The number of sulfonamides is 1. The highest BCUT2D eigenvalue weighted by Crippen LogP contribution is 2.28. The fraction of sp³-hybridized carbons (Fsp3) is 0.259. The number of hydrogen-bond acceptors (Lipinski definition) is 6. The summed E-state index contributed by atoms with van der Waals surface area (Å²) < 4.78 is 39.3. The molecule has 8 nitrogen and oxygen atoms in total. The van der Waals surface area contributed by atoms with Crippen LogP contribution in [0.15, 0.2) is 58.5 Å². The van der Waals surface area contributed by atoms with Crippen LogP contribution in [0.25, 0.3) is 0 Å². The van der Waals surface area contributed by atoms with Gasteiger partial charge < -0.3 is 9.47 Å². The highest BCUT2D eigenvalue weighted by atomic mass is 35.5. The zero-order valence-corrected chi connectivity index (χ0v) is 24.0. The Kier molecular flexibility index (Phi) is 9.78. The summed E-state index contributed by atoms with van der Waals surface area (Å²) in [6.45, 7) is 4.78. The fourth-order valence-corrected chi connectivity index (χ4v) is 6.18. The van der Waals surface area contributed by atoms with Crippen molar-refractivity contribution in [1.29, 1.82) is 0 Å². The van der Waals surface area contributed by atoms with Crippen molar-refractivity contribution in [3.63, 3.8) is 0 Å². The number of hydrogen-bond donors (Lipinski definition) is 1. The first kappa shape index (κ1) is 29.4. The van der Waals surface area contributed by atoms with E-state index in [1.54, 1.807) is 69.5 Å². The smallest absolute Gasteiger partial charge is 0.255 e. The van der Waals surface area contributed by atoms with Crippen LogP contribution in [-0.4, -0.2) is 45.6 Å². The van der Waals surface area contributed by atoms with Crippen molar-refractivity contribution in [3.8, 4) is 11.5 Å². The number of rotatable bonds is 10. The van der Waals surface area contributed by atoms with Crippen molar-refractivity contribution < 1.29 is 22.7 Å². The van der Waals surface area contributed by atoms with Gasteiger partial charge in [-0.3, -0.25) is 4.79 Å². The van der Waals surface area contributed by atoms with Crippen molar-refractivity contribution >= 4 is 45.3 Å². The molecule has 0 aromatic heterocycles. The standard InChI is InChI=1S/C27H29Cl2N3O5S/c1-17-10-18(2)27(19(3)11-17)38(34,35)32(15-20-6-9-23(28)24(29)12-20)16-26(33)31-30-14-21-7-8-22(36-4)13-25(21)37-5/h6-14H,15-16H2,1-5H3,(H,31,33)/b30-14+. The fourth-order valence-electron chi connectivity index (χ4n) is 4.06. The van der Waals surface area contributed by atoms with Gasteiger partial charge in [0.1, 0.15) is 11.5 Å². The van der Waals surface area contributed by atoms with Crippen molar-refractivity contribution in [2.45, 2.75) is 32.2 Å². The summed E-state index contributed by atoms with van der Waals surface area (Å²) in [6.07, 6.45) is 1.41. The Labute approximate surface area is 233 Å².